The fraction of sp³-hybridized carbons (Fsp3) is 0.381. The Morgan fingerprint density at radius 1 is 1.18 bits per heavy atom. The molecular formula is C21H23N7. The molecule has 1 aliphatic rings. The van der Waals surface area contributed by atoms with E-state index >= 15 is 0 Å². The molecule has 1 unspecified atom stereocenters. The number of hydrogen-bond acceptors (Lipinski definition) is 5. The zero-order chi connectivity index (χ0) is 19.4. The van der Waals surface area contributed by atoms with Gasteiger partial charge in [0, 0.05) is 37.4 Å². The van der Waals surface area contributed by atoms with E-state index in [1.807, 2.05) is 30.8 Å². The van der Waals surface area contributed by atoms with Crippen molar-refractivity contribution in [2.75, 3.05) is 0 Å². The molecule has 0 radical (unpaired) electrons. The first-order valence-corrected chi connectivity index (χ1v) is 9.71. The Morgan fingerprint density at radius 3 is 2.86 bits per heavy atom. The average Bonchev–Trinajstić information content (AvgIpc) is 3.27. The van der Waals surface area contributed by atoms with Gasteiger partial charge >= 0.3 is 0 Å². The van der Waals surface area contributed by atoms with Crippen LogP contribution in [0.15, 0.2) is 23.3 Å². The van der Waals surface area contributed by atoms with Gasteiger partial charge in [-0.3, -0.25) is 9.98 Å². The molecule has 0 aliphatic carbocycles. The molecule has 7 heteroatoms. The molecule has 3 aromatic heterocycles. The van der Waals surface area contributed by atoms with Crippen molar-refractivity contribution in [1.29, 1.82) is 0 Å². The maximum absolute atomic E-state index is 5.03. The number of benzene rings is 1. The van der Waals surface area contributed by atoms with E-state index in [0.29, 0.717) is 0 Å². The summed E-state index contributed by atoms with van der Waals surface area (Å²) in [5.41, 5.74) is 7.27. The first kappa shape index (κ1) is 17.0. The van der Waals surface area contributed by atoms with Crippen LogP contribution in [0.5, 0.6) is 0 Å². The number of aromatic nitrogens is 6. The smallest absolute Gasteiger partial charge is 0.177 e. The highest BCUT2D eigenvalue weighted by Gasteiger charge is 2.21. The standard InChI is InChI=1S/C21H23N7/c1-12(10-18-24-21-14(3)23-11-13(2)28(21)26-18)20-25-19-15-6-5-9-22-16(15)7-8-17(19)27(20)4/h7-9,11-12H,5-6,10H2,1-4H3. The minimum atomic E-state index is 0.200. The van der Waals surface area contributed by atoms with Crippen LogP contribution in [0.1, 0.15) is 47.9 Å². The molecule has 0 bridgehead atoms. The molecule has 142 valence electrons. The van der Waals surface area contributed by atoms with Crippen molar-refractivity contribution in [2.24, 2.45) is 12.0 Å². The lowest BCUT2D eigenvalue weighted by atomic mass is 10.0. The number of nitrogens with zero attached hydrogens (tertiary/aromatic N) is 7. The van der Waals surface area contributed by atoms with Gasteiger partial charge in [-0.25, -0.2) is 14.5 Å². The summed E-state index contributed by atoms with van der Waals surface area (Å²) in [5.74, 6) is 2.08. The summed E-state index contributed by atoms with van der Waals surface area (Å²) in [6.45, 7) is 6.15. The van der Waals surface area contributed by atoms with E-state index in [4.69, 9.17) is 15.1 Å². The number of imidazole rings is 1. The Morgan fingerprint density at radius 2 is 2.04 bits per heavy atom. The summed E-state index contributed by atoms with van der Waals surface area (Å²) in [6, 6.07) is 4.23. The quantitative estimate of drug-likeness (QED) is 0.550. The molecule has 1 aromatic carbocycles. The van der Waals surface area contributed by atoms with Gasteiger partial charge in [0.25, 0.3) is 0 Å². The van der Waals surface area contributed by atoms with E-state index in [1.54, 1.807) is 0 Å². The zero-order valence-electron chi connectivity index (χ0n) is 16.6. The molecule has 0 saturated carbocycles. The van der Waals surface area contributed by atoms with Crippen LogP contribution in [0.2, 0.25) is 0 Å². The van der Waals surface area contributed by atoms with Crippen LogP contribution in [0.25, 0.3) is 16.7 Å². The zero-order valence-corrected chi connectivity index (χ0v) is 16.6. The molecule has 0 saturated heterocycles. The van der Waals surface area contributed by atoms with Crippen LogP contribution in [-0.4, -0.2) is 35.3 Å². The van der Waals surface area contributed by atoms with E-state index in [-0.39, 0.29) is 5.92 Å². The second-order valence-electron chi connectivity index (χ2n) is 7.66. The van der Waals surface area contributed by atoms with E-state index in [1.165, 1.54) is 5.56 Å². The minimum Gasteiger partial charge on any atom is -0.331 e. The van der Waals surface area contributed by atoms with Crippen molar-refractivity contribution in [3.8, 4) is 0 Å². The Labute approximate surface area is 163 Å². The Hall–Kier alpha value is -3.09. The topological polar surface area (TPSA) is 73.3 Å². The van der Waals surface area contributed by atoms with Crippen LogP contribution in [0.3, 0.4) is 0 Å². The van der Waals surface area contributed by atoms with Crippen molar-refractivity contribution in [2.45, 2.75) is 46.0 Å². The average molecular weight is 373 g/mol. The molecule has 4 heterocycles. The largest absolute Gasteiger partial charge is 0.331 e. The fourth-order valence-electron chi connectivity index (χ4n) is 4.09. The highest BCUT2D eigenvalue weighted by molar-refractivity contribution is 5.87. The van der Waals surface area contributed by atoms with Crippen molar-refractivity contribution < 1.29 is 0 Å². The fourth-order valence-corrected chi connectivity index (χ4v) is 4.09. The van der Waals surface area contributed by atoms with Crippen LogP contribution in [-0.2, 0) is 19.9 Å². The van der Waals surface area contributed by atoms with Crippen molar-refractivity contribution >= 4 is 28.6 Å². The predicted octanol–water partition coefficient (Wildman–Crippen LogP) is 3.62. The first-order valence-electron chi connectivity index (χ1n) is 9.71. The number of hydrogen-bond donors (Lipinski definition) is 0. The molecule has 0 fully saturated rings. The lowest BCUT2D eigenvalue weighted by molar-refractivity contribution is 0.642. The Kier molecular flexibility index (Phi) is 3.79. The van der Waals surface area contributed by atoms with Crippen molar-refractivity contribution in [3.63, 3.8) is 0 Å². The second-order valence-corrected chi connectivity index (χ2v) is 7.66. The third-order valence-electron chi connectivity index (χ3n) is 5.61. The third-order valence-corrected chi connectivity index (χ3v) is 5.61. The maximum atomic E-state index is 5.03. The van der Waals surface area contributed by atoms with Gasteiger partial charge in [-0.1, -0.05) is 6.92 Å². The molecular weight excluding hydrogens is 350 g/mol. The van der Waals surface area contributed by atoms with Crippen LogP contribution in [0.4, 0.5) is 5.69 Å². The molecule has 0 N–H and O–H groups in total. The number of aryl methyl sites for hydroxylation is 4. The van der Waals surface area contributed by atoms with Gasteiger partial charge in [0.2, 0.25) is 0 Å². The number of fused-ring (bicyclic) bond motifs is 4. The molecule has 0 amide bonds. The van der Waals surface area contributed by atoms with Crippen molar-refractivity contribution in [1.82, 2.24) is 29.1 Å². The van der Waals surface area contributed by atoms with Gasteiger partial charge in [-0.15, -0.1) is 0 Å². The Bertz CT molecular complexity index is 1210. The van der Waals surface area contributed by atoms with Crippen LogP contribution < -0.4 is 0 Å². The highest BCUT2D eigenvalue weighted by atomic mass is 15.3. The van der Waals surface area contributed by atoms with Gasteiger partial charge < -0.3 is 4.57 Å². The van der Waals surface area contributed by atoms with E-state index in [2.05, 4.69) is 40.6 Å². The van der Waals surface area contributed by atoms with Gasteiger partial charge in [-0.2, -0.15) is 5.10 Å². The molecule has 1 atom stereocenters. The molecule has 0 spiro atoms. The summed E-state index contributed by atoms with van der Waals surface area (Å²) in [5, 5.41) is 4.70. The molecule has 7 nitrogen and oxygen atoms in total. The Balaban J connectivity index is 1.53. The van der Waals surface area contributed by atoms with E-state index in [0.717, 1.165) is 64.7 Å². The second kappa shape index (κ2) is 6.22. The summed E-state index contributed by atoms with van der Waals surface area (Å²) in [4.78, 5) is 18.7. The van der Waals surface area contributed by atoms with Gasteiger partial charge in [0.15, 0.2) is 11.5 Å². The van der Waals surface area contributed by atoms with Gasteiger partial charge in [0.1, 0.15) is 5.82 Å². The lowest BCUT2D eigenvalue weighted by Gasteiger charge is -2.10. The van der Waals surface area contributed by atoms with Crippen LogP contribution in [0, 0.1) is 13.8 Å². The monoisotopic (exact) mass is 373 g/mol. The van der Waals surface area contributed by atoms with Crippen molar-refractivity contribution in [3.05, 3.63) is 46.9 Å². The summed E-state index contributed by atoms with van der Waals surface area (Å²) in [6.07, 6.45) is 6.54. The lowest BCUT2D eigenvalue weighted by Crippen LogP contribution is -2.07. The number of aliphatic imine (C=N–C) groups is 1. The molecule has 1 aliphatic heterocycles. The first-order chi connectivity index (χ1) is 13.5. The third kappa shape index (κ3) is 2.53. The summed E-state index contributed by atoms with van der Waals surface area (Å²) < 4.78 is 4.08. The molecule has 5 rings (SSSR count). The van der Waals surface area contributed by atoms with E-state index in [9.17, 15) is 0 Å². The normalized spacial score (nSPS) is 14.7. The highest BCUT2D eigenvalue weighted by Crippen LogP contribution is 2.33. The van der Waals surface area contributed by atoms with Gasteiger partial charge in [0.05, 0.1) is 28.1 Å². The molecule has 28 heavy (non-hydrogen) atoms. The van der Waals surface area contributed by atoms with E-state index < -0.39 is 0 Å². The van der Waals surface area contributed by atoms with Crippen LogP contribution >= 0.6 is 0 Å². The summed E-state index contributed by atoms with van der Waals surface area (Å²) >= 11 is 0. The predicted molar refractivity (Wildman–Crippen MR) is 110 cm³/mol. The molecule has 4 aromatic rings. The maximum Gasteiger partial charge on any atom is 0.177 e. The number of rotatable bonds is 3. The minimum absolute atomic E-state index is 0.200. The van der Waals surface area contributed by atoms with Gasteiger partial charge in [-0.05, 0) is 38.8 Å². The SMILES string of the molecule is Cc1ncc(C)n2nc(CC(C)c3nc4c5c(ccc4n3C)N=CCC5)nc12. The summed E-state index contributed by atoms with van der Waals surface area (Å²) in [7, 11) is 2.09.